The van der Waals surface area contributed by atoms with Crippen molar-refractivity contribution in [1.82, 2.24) is 0 Å². The lowest BCUT2D eigenvalue weighted by Crippen LogP contribution is -2.06. The molecule has 0 aliphatic heterocycles. The molecule has 0 aromatic heterocycles. The summed E-state index contributed by atoms with van der Waals surface area (Å²) in [4.78, 5) is 11.3. The third-order valence-electron chi connectivity index (χ3n) is 5.23. The lowest BCUT2D eigenvalue weighted by Gasteiger charge is -2.17. The number of hydrogen-bond donors (Lipinski definition) is 3. The highest BCUT2D eigenvalue weighted by molar-refractivity contribution is 5.77. The van der Waals surface area contributed by atoms with Crippen molar-refractivity contribution in [1.29, 1.82) is 0 Å². The third kappa shape index (κ3) is 6.20. The molecule has 2 rings (SSSR count). The van der Waals surface area contributed by atoms with Gasteiger partial charge < -0.3 is 20.7 Å². The lowest BCUT2D eigenvalue weighted by molar-refractivity contribution is -0.136. The van der Waals surface area contributed by atoms with Gasteiger partial charge in [0, 0.05) is 41.6 Å². The maximum Gasteiger partial charge on any atom is 0.307 e. The number of rotatable bonds is 10. The minimum Gasteiger partial charge on any atom is -0.512 e. The second-order valence-corrected chi connectivity index (χ2v) is 7.86. The van der Waals surface area contributed by atoms with E-state index in [-0.39, 0.29) is 30.2 Å². The van der Waals surface area contributed by atoms with Crippen molar-refractivity contribution < 1.29 is 24.1 Å². The fraction of sp³-hybridized carbons (Fsp3) is 0.346. The largest absolute Gasteiger partial charge is 0.512 e. The number of allylic oxidation sites excluding steroid dienone is 4. The summed E-state index contributed by atoms with van der Waals surface area (Å²) in [5, 5.41) is 19.8. The van der Waals surface area contributed by atoms with Crippen LogP contribution >= 0.6 is 0 Å². The lowest BCUT2D eigenvalue weighted by atomic mass is 9.98. The van der Waals surface area contributed by atoms with Gasteiger partial charge in [0.1, 0.15) is 17.3 Å². The summed E-state index contributed by atoms with van der Waals surface area (Å²) in [7, 11) is 0. The Morgan fingerprint density at radius 3 is 2.41 bits per heavy atom. The van der Waals surface area contributed by atoms with E-state index in [1.165, 1.54) is 0 Å². The summed E-state index contributed by atoms with van der Waals surface area (Å²) in [6, 6.07) is 10.4. The molecule has 0 amide bonds. The molecule has 32 heavy (non-hydrogen) atoms. The summed E-state index contributed by atoms with van der Waals surface area (Å²) in [5.74, 6) is -0.264. The molecule has 2 aromatic carbocycles. The van der Waals surface area contributed by atoms with Gasteiger partial charge >= 0.3 is 5.97 Å². The number of carbonyl (C=O) groups is 1. The Morgan fingerprint density at radius 2 is 1.84 bits per heavy atom. The fourth-order valence-electron chi connectivity index (χ4n) is 3.29. The van der Waals surface area contributed by atoms with E-state index in [9.17, 15) is 19.4 Å². The number of ether oxygens (including phenoxy) is 1. The molecular formula is C26H32FNO4. The molecule has 0 saturated carbocycles. The quantitative estimate of drug-likeness (QED) is 0.307. The predicted octanol–water partition coefficient (Wildman–Crippen LogP) is 6.09. The van der Waals surface area contributed by atoms with Gasteiger partial charge in [-0.2, -0.15) is 0 Å². The number of nitrogens with two attached hydrogens (primary N) is 1. The third-order valence-corrected chi connectivity index (χ3v) is 5.23. The maximum absolute atomic E-state index is 15.0. The summed E-state index contributed by atoms with van der Waals surface area (Å²) < 4.78 is 21.1. The molecule has 0 aliphatic carbocycles. The van der Waals surface area contributed by atoms with Crippen molar-refractivity contribution in [2.75, 3.05) is 0 Å². The molecule has 5 nitrogen and oxygen atoms in total. The van der Waals surface area contributed by atoms with Crippen LogP contribution in [-0.4, -0.2) is 16.2 Å². The second kappa shape index (κ2) is 11.5. The van der Waals surface area contributed by atoms with E-state index in [0.29, 0.717) is 41.1 Å². The molecule has 0 atom stereocenters. The highest BCUT2D eigenvalue weighted by atomic mass is 19.1. The first-order valence-corrected chi connectivity index (χ1v) is 10.8. The van der Waals surface area contributed by atoms with Crippen LogP contribution < -0.4 is 10.5 Å². The van der Waals surface area contributed by atoms with E-state index in [2.05, 4.69) is 0 Å². The monoisotopic (exact) mass is 441 g/mol. The minimum absolute atomic E-state index is 0.0225. The van der Waals surface area contributed by atoms with Crippen LogP contribution in [0.4, 0.5) is 4.39 Å². The molecule has 0 spiro atoms. The van der Waals surface area contributed by atoms with Crippen LogP contribution in [0.25, 0.3) is 5.57 Å². The predicted molar refractivity (Wildman–Crippen MR) is 125 cm³/mol. The van der Waals surface area contributed by atoms with Crippen LogP contribution in [0.2, 0.25) is 0 Å². The van der Waals surface area contributed by atoms with E-state index in [1.807, 2.05) is 32.9 Å². The van der Waals surface area contributed by atoms with Gasteiger partial charge in [-0.15, -0.1) is 0 Å². The number of aliphatic hydroxyl groups excluding tert-OH is 1. The number of aliphatic carboxylic acids is 1. The molecule has 0 fully saturated rings. The van der Waals surface area contributed by atoms with Gasteiger partial charge in [-0.3, -0.25) is 4.79 Å². The maximum atomic E-state index is 15.0. The minimum atomic E-state index is -0.959. The van der Waals surface area contributed by atoms with Gasteiger partial charge in [-0.1, -0.05) is 58.0 Å². The van der Waals surface area contributed by atoms with E-state index in [1.54, 1.807) is 37.3 Å². The molecule has 6 heteroatoms. The van der Waals surface area contributed by atoms with Crippen LogP contribution in [-0.2, 0) is 17.8 Å². The second-order valence-electron chi connectivity index (χ2n) is 7.86. The van der Waals surface area contributed by atoms with Crippen LogP contribution in [0.3, 0.4) is 0 Å². The van der Waals surface area contributed by atoms with E-state index in [0.717, 1.165) is 5.56 Å². The number of aliphatic hydroxyl groups is 1. The Morgan fingerprint density at radius 1 is 1.12 bits per heavy atom. The van der Waals surface area contributed by atoms with Crippen molar-refractivity contribution in [3.05, 3.63) is 82.1 Å². The van der Waals surface area contributed by atoms with Crippen molar-refractivity contribution in [3.63, 3.8) is 0 Å². The Bertz CT molecular complexity index is 1020. The fourth-order valence-corrected chi connectivity index (χ4v) is 3.29. The molecule has 0 radical (unpaired) electrons. The van der Waals surface area contributed by atoms with Crippen molar-refractivity contribution >= 4 is 11.5 Å². The molecule has 0 unspecified atom stereocenters. The zero-order chi connectivity index (χ0) is 23.8. The Balaban J connectivity index is 2.57. The standard InChI is InChI=1S/C26H32FNO4/c1-5-20(32-24-12-17(16(3)4)10-11-18(24)13-25(30)31)14-22(23(29)6-2)21-9-7-8-19(15-28)26(21)27/h7-12,14,16,29H,5-6,13,15,28H2,1-4H3,(H,30,31)/b20-14+,23-22-. The SMILES string of the molecule is CC/C(O)=C(\C=C(/CC)Oc1cc(C(C)C)ccc1CC(=O)O)c1cccc(CN)c1F. The molecule has 0 saturated heterocycles. The molecule has 172 valence electrons. The van der Waals surface area contributed by atoms with Crippen LogP contribution in [0.1, 0.15) is 68.7 Å². The number of carboxylic acid groups (broad SMARTS) is 1. The molecule has 0 heterocycles. The molecule has 0 bridgehead atoms. The highest BCUT2D eigenvalue weighted by Crippen LogP contribution is 2.31. The van der Waals surface area contributed by atoms with Crippen LogP contribution in [0.5, 0.6) is 5.75 Å². The number of hydrogen-bond acceptors (Lipinski definition) is 4. The molecule has 0 aliphatic rings. The number of halogens is 1. The summed E-state index contributed by atoms with van der Waals surface area (Å²) in [5.41, 5.74) is 8.11. The van der Waals surface area contributed by atoms with Crippen LogP contribution in [0, 0.1) is 5.82 Å². The van der Waals surface area contributed by atoms with Gasteiger partial charge in [-0.25, -0.2) is 4.39 Å². The Hall–Kier alpha value is -3.12. The normalized spacial score (nSPS) is 12.7. The van der Waals surface area contributed by atoms with Crippen molar-refractivity contribution in [2.24, 2.45) is 5.73 Å². The van der Waals surface area contributed by atoms with Gasteiger partial charge in [0.15, 0.2) is 0 Å². The summed E-state index contributed by atoms with van der Waals surface area (Å²) in [6.07, 6.45) is 2.20. The summed E-state index contributed by atoms with van der Waals surface area (Å²) in [6.45, 7) is 7.78. The highest BCUT2D eigenvalue weighted by Gasteiger charge is 2.16. The van der Waals surface area contributed by atoms with Gasteiger partial charge in [0.2, 0.25) is 0 Å². The average Bonchev–Trinajstić information content (AvgIpc) is 2.77. The first kappa shape index (κ1) is 25.1. The average molecular weight is 442 g/mol. The molecule has 4 N–H and O–H groups in total. The van der Waals surface area contributed by atoms with Crippen LogP contribution in [0.15, 0.2) is 54.0 Å². The first-order valence-electron chi connectivity index (χ1n) is 10.8. The van der Waals surface area contributed by atoms with E-state index in [4.69, 9.17) is 10.5 Å². The van der Waals surface area contributed by atoms with Gasteiger partial charge in [-0.05, 0) is 23.6 Å². The molecular weight excluding hydrogens is 409 g/mol. The first-order chi connectivity index (χ1) is 15.2. The van der Waals surface area contributed by atoms with Crippen molar-refractivity contribution in [2.45, 2.75) is 59.4 Å². The Labute approximate surface area is 189 Å². The van der Waals surface area contributed by atoms with E-state index < -0.39 is 11.8 Å². The van der Waals surface area contributed by atoms with E-state index >= 15 is 0 Å². The smallest absolute Gasteiger partial charge is 0.307 e. The topological polar surface area (TPSA) is 92.8 Å². The van der Waals surface area contributed by atoms with Crippen molar-refractivity contribution in [3.8, 4) is 5.75 Å². The number of benzene rings is 2. The molecule has 2 aromatic rings. The summed E-state index contributed by atoms with van der Waals surface area (Å²) >= 11 is 0. The van der Waals surface area contributed by atoms with Gasteiger partial charge in [0.05, 0.1) is 12.2 Å². The number of carboxylic acids is 1. The van der Waals surface area contributed by atoms with Gasteiger partial charge in [0.25, 0.3) is 0 Å². The zero-order valence-corrected chi connectivity index (χ0v) is 19.1. The zero-order valence-electron chi connectivity index (χ0n) is 19.1. The Kier molecular flexibility index (Phi) is 9.02.